The van der Waals surface area contributed by atoms with Gasteiger partial charge in [0, 0.05) is 6.07 Å². The van der Waals surface area contributed by atoms with Crippen molar-refractivity contribution in [2.75, 3.05) is 45.8 Å². The number of amides is 1. The van der Waals surface area contributed by atoms with E-state index in [1.807, 2.05) is 4.90 Å². The number of hydrogen-bond acceptors (Lipinski definition) is 6. The van der Waals surface area contributed by atoms with Crippen LogP contribution in [-0.4, -0.2) is 57.2 Å². The third-order valence-corrected chi connectivity index (χ3v) is 4.62. The van der Waals surface area contributed by atoms with Crippen LogP contribution < -0.4 is 14.8 Å². The van der Waals surface area contributed by atoms with Crippen LogP contribution in [0.5, 0.6) is 11.5 Å². The molecule has 0 spiro atoms. The Hall–Kier alpha value is -1.99. The lowest BCUT2D eigenvalue weighted by atomic mass is 9.97. The Bertz CT molecular complexity index is 645. The second-order valence-corrected chi connectivity index (χ2v) is 6.44. The number of carbonyl (C=O) groups excluding carboxylic acids is 2. The van der Waals surface area contributed by atoms with Crippen LogP contribution in [0.2, 0.25) is 5.02 Å². The van der Waals surface area contributed by atoms with Crippen molar-refractivity contribution < 1.29 is 23.8 Å². The second-order valence-electron chi connectivity index (χ2n) is 6.04. The van der Waals surface area contributed by atoms with Gasteiger partial charge in [0.15, 0.2) is 0 Å². The van der Waals surface area contributed by atoms with E-state index < -0.39 is 0 Å². The van der Waals surface area contributed by atoms with Crippen molar-refractivity contribution in [3.05, 3.63) is 17.2 Å². The normalized spacial score (nSPS) is 15.4. The summed E-state index contributed by atoms with van der Waals surface area (Å²) in [4.78, 5) is 26.1. The van der Waals surface area contributed by atoms with Crippen LogP contribution in [0.25, 0.3) is 0 Å². The van der Waals surface area contributed by atoms with Gasteiger partial charge in [-0.3, -0.25) is 14.5 Å². The van der Waals surface area contributed by atoms with E-state index in [-0.39, 0.29) is 24.3 Å². The number of benzene rings is 1. The third kappa shape index (κ3) is 5.25. The van der Waals surface area contributed by atoms with Gasteiger partial charge in [-0.1, -0.05) is 11.6 Å². The van der Waals surface area contributed by atoms with Crippen molar-refractivity contribution in [1.29, 1.82) is 0 Å². The Labute approximate surface area is 158 Å². The average Bonchev–Trinajstić information content (AvgIpc) is 2.62. The van der Waals surface area contributed by atoms with Crippen molar-refractivity contribution in [2.45, 2.75) is 19.8 Å². The van der Waals surface area contributed by atoms with E-state index in [2.05, 4.69) is 5.32 Å². The molecule has 1 N–H and O–H groups in total. The molecule has 1 aliphatic rings. The monoisotopic (exact) mass is 384 g/mol. The van der Waals surface area contributed by atoms with Gasteiger partial charge in [-0.2, -0.15) is 0 Å². The molecule has 1 heterocycles. The smallest absolute Gasteiger partial charge is 0.309 e. The lowest BCUT2D eigenvalue weighted by molar-refractivity contribution is -0.149. The molecule has 1 aromatic rings. The molecule has 1 aromatic carbocycles. The molecular weight excluding hydrogens is 360 g/mol. The van der Waals surface area contributed by atoms with E-state index in [0.29, 0.717) is 54.7 Å². The topological polar surface area (TPSA) is 77.1 Å². The molecule has 0 atom stereocenters. The molecule has 144 valence electrons. The SMILES string of the molecule is CCOC(=O)C1CCN(CC(=O)Nc2cc(Cl)c(OC)cc2OC)CC1. The fraction of sp³-hybridized carbons (Fsp3) is 0.556. The van der Waals surface area contributed by atoms with E-state index in [4.69, 9.17) is 25.8 Å². The van der Waals surface area contributed by atoms with Gasteiger partial charge in [-0.15, -0.1) is 0 Å². The molecule has 8 heteroatoms. The van der Waals surface area contributed by atoms with E-state index in [1.54, 1.807) is 19.1 Å². The summed E-state index contributed by atoms with van der Waals surface area (Å²) in [6.45, 7) is 3.79. The molecule has 26 heavy (non-hydrogen) atoms. The summed E-state index contributed by atoms with van der Waals surface area (Å²) in [7, 11) is 3.03. The minimum absolute atomic E-state index is 0.0743. The van der Waals surface area contributed by atoms with Gasteiger partial charge < -0.3 is 19.5 Å². The highest BCUT2D eigenvalue weighted by atomic mass is 35.5. The molecule has 1 saturated heterocycles. The quantitative estimate of drug-likeness (QED) is 0.728. The van der Waals surface area contributed by atoms with E-state index in [0.717, 1.165) is 0 Å². The van der Waals surface area contributed by atoms with Gasteiger partial charge in [0.25, 0.3) is 0 Å². The predicted octanol–water partition coefficient (Wildman–Crippen LogP) is 2.57. The number of ether oxygens (including phenoxy) is 3. The van der Waals surface area contributed by atoms with E-state index in [9.17, 15) is 9.59 Å². The van der Waals surface area contributed by atoms with Crippen molar-refractivity contribution in [3.8, 4) is 11.5 Å². The highest BCUT2D eigenvalue weighted by Gasteiger charge is 2.27. The fourth-order valence-electron chi connectivity index (χ4n) is 2.94. The van der Waals surface area contributed by atoms with Crippen molar-refractivity contribution in [2.24, 2.45) is 5.92 Å². The van der Waals surface area contributed by atoms with Crippen molar-refractivity contribution >= 4 is 29.2 Å². The first-order valence-corrected chi connectivity index (χ1v) is 8.96. The summed E-state index contributed by atoms with van der Waals surface area (Å²) in [5, 5.41) is 3.21. The minimum Gasteiger partial charge on any atom is -0.495 e. The first-order chi connectivity index (χ1) is 12.5. The zero-order valence-corrected chi connectivity index (χ0v) is 16.1. The van der Waals surface area contributed by atoms with Gasteiger partial charge in [-0.25, -0.2) is 0 Å². The van der Waals surface area contributed by atoms with Crippen molar-refractivity contribution in [3.63, 3.8) is 0 Å². The minimum atomic E-state index is -0.167. The summed E-state index contributed by atoms with van der Waals surface area (Å²) >= 11 is 6.12. The molecule has 0 radical (unpaired) electrons. The van der Waals surface area contributed by atoms with E-state index >= 15 is 0 Å². The number of halogens is 1. The first-order valence-electron chi connectivity index (χ1n) is 8.58. The van der Waals surface area contributed by atoms with Gasteiger partial charge in [0.2, 0.25) is 5.91 Å². The number of piperidine rings is 1. The second kappa shape index (κ2) is 9.64. The maximum Gasteiger partial charge on any atom is 0.309 e. The van der Waals surface area contributed by atoms with Crippen LogP contribution in [0.1, 0.15) is 19.8 Å². The van der Waals surface area contributed by atoms with E-state index in [1.165, 1.54) is 14.2 Å². The highest BCUT2D eigenvalue weighted by molar-refractivity contribution is 6.32. The molecule has 2 rings (SSSR count). The zero-order valence-electron chi connectivity index (χ0n) is 15.3. The molecule has 0 saturated carbocycles. The summed E-state index contributed by atoms with van der Waals surface area (Å²) in [5.74, 6) is 0.561. The molecule has 0 bridgehead atoms. The standard InChI is InChI=1S/C18H25ClN2O5/c1-4-26-18(23)12-5-7-21(8-6-12)11-17(22)20-14-9-13(19)15(24-2)10-16(14)25-3/h9-10,12H,4-8,11H2,1-3H3,(H,20,22). The summed E-state index contributed by atoms with van der Waals surface area (Å²) < 4.78 is 15.5. The Morgan fingerprint density at radius 2 is 1.85 bits per heavy atom. The molecule has 1 amide bonds. The van der Waals surface area contributed by atoms with Gasteiger partial charge in [0.1, 0.15) is 11.5 Å². The summed E-state index contributed by atoms with van der Waals surface area (Å²) in [5.41, 5.74) is 0.490. The summed E-state index contributed by atoms with van der Waals surface area (Å²) in [6.07, 6.45) is 1.40. The molecule has 0 unspecified atom stereocenters. The Balaban J connectivity index is 1.90. The number of carbonyl (C=O) groups is 2. The Morgan fingerprint density at radius 3 is 2.42 bits per heavy atom. The largest absolute Gasteiger partial charge is 0.495 e. The first kappa shape index (κ1) is 20.3. The van der Waals surface area contributed by atoms with Crippen LogP contribution in [0.15, 0.2) is 12.1 Å². The Morgan fingerprint density at radius 1 is 1.19 bits per heavy atom. The van der Waals surface area contributed by atoms with Gasteiger partial charge >= 0.3 is 5.97 Å². The predicted molar refractivity (Wildman–Crippen MR) is 99.0 cm³/mol. The lowest BCUT2D eigenvalue weighted by Gasteiger charge is -2.30. The van der Waals surface area contributed by atoms with Crippen LogP contribution in [-0.2, 0) is 14.3 Å². The summed E-state index contributed by atoms with van der Waals surface area (Å²) in [6, 6.07) is 3.23. The molecule has 0 aromatic heterocycles. The molecule has 1 fully saturated rings. The third-order valence-electron chi connectivity index (χ3n) is 4.32. The molecule has 7 nitrogen and oxygen atoms in total. The maximum atomic E-state index is 12.4. The van der Waals surface area contributed by atoms with Gasteiger partial charge in [0.05, 0.1) is 44.0 Å². The Kier molecular flexibility index (Phi) is 7.53. The number of hydrogen-bond donors (Lipinski definition) is 1. The molecular formula is C18H25ClN2O5. The number of likely N-dealkylation sites (tertiary alicyclic amines) is 1. The number of anilines is 1. The molecule has 1 aliphatic heterocycles. The number of esters is 1. The number of nitrogens with zero attached hydrogens (tertiary/aromatic N) is 1. The number of nitrogens with one attached hydrogen (secondary N) is 1. The van der Waals surface area contributed by atoms with Crippen molar-refractivity contribution in [1.82, 2.24) is 4.90 Å². The van der Waals surface area contributed by atoms with Crippen LogP contribution in [0.4, 0.5) is 5.69 Å². The van der Waals surface area contributed by atoms with Crippen LogP contribution in [0.3, 0.4) is 0 Å². The highest BCUT2D eigenvalue weighted by Crippen LogP contribution is 2.35. The maximum absolute atomic E-state index is 12.4. The lowest BCUT2D eigenvalue weighted by Crippen LogP contribution is -2.41. The fourth-order valence-corrected chi connectivity index (χ4v) is 3.18. The van der Waals surface area contributed by atoms with Gasteiger partial charge in [-0.05, 0) is 38.9 Å². The average molecular weight is 385 g/mol. The number of rotatable bonds is 7. The molecule has 0 aliphatic carbocycles. The zero-order chi connectivity index (χ0) is 19.1. The number of methoxy groups -OCH3 is 2. The van der Waals surface area contributed by atoms with Crippen LogP contribution >= 0.6 is 11.6 Å². The van der Waals surface area contributed by atoms with Crippen LogP contribution in [0, 0.1) is 5.92 Å².